The van der Waals surface area contributed by atoms with Gasteiger partial charge in [0.2, 0.25) is 0 Å². The van der Waals surface area contributed by atoms with Crippen molar-refractivity contribution in [1.29, 1.82) is 0 Å². The first-order valence-corrected chi connectivity index (χ1v) is 10.3. The molecule has 1 saturated heterocycles. The molecule has 3 rings (SSSR count). The number of nitrogens with zero attached hydrogens (tertiary/aromatic N) is 1. The molecule has 0 N–H and O–H groups in total. The summed E-state index contributed by atoms with van der Waals surface area (Å²) in [4.78, 5) is 14.2. The smallest absolute Gasteiger partial charge is 0.265 e. The molecular weight excluding hydrogens is 390 g/mol. The van der Waals surface area contributed by atoms with Crippen LogP contribution >= 0.6 is 24.0 Å². The highest BCUT2D eigenvalue weighted by molar-refractivity contribution is 8.26. The number of aryl methyl sites for hydroxylation is 2. The summed E-state index contributed by atoms with van der Waals surface area (Å²) in [5.74, 6) is 1.62. The maximum absolute atomic E-state index is 12.1. The van der Waals surface area contributed by atoms with Crippen LogP contribution in [0.4, 0.5) is 0 Å². The molecular formula is C22H23NO3S2. The number of carbonyl (C=O) groups excluding carboxylic acids is 1. The number of thioether (sulfide) groups is 1. The van der Waals surface area contributed by atoms with E-state index in [-0.39, 0.29) is 5.91 Å². The Kier molecular flexibility index (Phi) is 6.75. The molecule has 0 atom stereocenters. The average molecular weight is 414 g/mol. The number of amides is 1. The van der Waals surface area contributed by atoms with Crippen LogP contribution in [0.1, 0.15) is 23.1 Å². The van der Waals surface area contributed by atoms with Crippen LogP contribution in [0.25, 0.3) is 6.08 Å². The average Bonchev–Trinajstić information content (AvgIpc) is 2.90. The zero-order valence-corrected chi connectivity index (χ0v) is 17.9. The predicted molar refractivity (Wildman–Crippen MR) is 119 cm³/mol. The highest BCUT2D eigenvalue weighted by atomic mass is 32.2. The van der Waals surface area contributed by atoms with Crippen molar-refractivity contribution in [1.82, 2.24) is 4.90 Å². The fourth-order valence-corrected chi connectivity index (χ4v) is 3.96. The summed E-state index contributed by atoms with van der Waals surface area (Å²) < 4.78 is 12.2. The van der Waals surface area contributed by atoms with E-state index in [9.17, 15) is 4.79 Å². The molecule has 0 aromatic heterocycles. The van der Waals surface area contributed by atoms with Gasteiger partial charge in [-0.3, -0.25) is 9.69 Å². The summed E-state index contributed by atoms with van der Waals surface area (Å²) in [7, 11) is 1.69. The Bertz CT molecular complexity index is 924. The van der Waals surface area contributed by atoms with Crippen LogP contribution in [0.3, 0.4) is 0 Å². The van der Waals surface area contributed by atoms with Crippen molar-refractivity contribution >= 4 is 40.3 Å². The quantitative estimate of drug-likeness (QED) is 0.364. The minimum Gasteiger partial charge on any atom is -0.493 e. The third-order valence-corrected chi connectivity index (χ3v) is 5.77. The van der Waals surface area contributed by atoms with Crippen LogP contribution in [0.5, 0.6) is 11.5 Å². The highest BCUT2D eigenvalue weighted by Gasteiger charge is 2.28. The molecule has 0 aliphatic carbocycles. The molecule has 0 unspecified atom stereocenters. The molecule has 0 saturated carbocycles. The lowest BCUT2D eigenvalue weighted by molar-refractivity contribution is -0.121. The Morgan fingerprint density at radius 2 is 1.89 bits per heavy atom. The molecule has 0 bridgehead atoms. The lowest BCUT2D eigenvalue weighted by atomic mass is 10.1. The summed E-state index contributed by atoms with van der Waals surface area (Å²) in [6.07, 6.45) is 2.63. The van der Waals surface area contributed by atoms with E-state index >= 15 is 0 Å². The van der Waals surface area contributed by atoms with Gasteiger partial charge in [-0.25, -0.2) is 0 Å². The van der Waals surface area contributed by atoms with Crippen molar-refractivity contribution in [3.05, 3.63) is 64.1 Å². The maximum atomic E-state index is 12.1. The van der Waals surface area contributed by atoms with Crippen molar-refractivity contribution in [3.8, 4) is 11.5 Å². The highest BCUT2D eigenvalue weighted by Crippen LogP contribution is 2.31. The Morgan fingerprint density at radius 3 is 2.61 bits per heavy atom. The first-order chi connectivity index (χ1) is 13.4. The molecule has 146 valence electrons. The molecule has 0 radical (unpaired) electrons. The van der Waals surface area contributed by atoms with E-state index in [0.717, 1.165) is 29.0 Å². The molecule has 1 aliphatic rings. The summed E-state index contributed by atoms with van der Waals surface area (Å²) >= 11 is 6.48. The summed E-state index contributed by atoms with van der Waals surface area (Å²) in [5, 5.41) is 0. The molecule has 2 aromatic rings. The van der Waals surface area contributed by atoms with Gasteiger partial charge in [0.1, 0.15) is 15.8 Å². The number of likely N-dealkylation sites (N-methyl/N-ethyl adjacent to an activating group) is 1. The fraction of sp³-hybridized carbons (Fsp3) is 0.273. The molecule has 0 spiro atoms. The number of ether oxygens (including phenoxy) is 2. The third kappa shape index (κ3) is 5.14. The number of rotatable bonds is 7. The topological polar surface area (TPSA) is 38.8 Å². The fourth-order valence-electron chi connectivity index (χ4n) is 2.78. The van der Waals surface area contributed by atoms with Gasteiger partial charge in [-0.05, 0) is 49.2 Å². The lowest BCUT2D eigenvalue weighted by Crippen LogP contribution is -2.22. The first-order valence-electron chi connectivity index (χ1n) is 9.08. The monoisotopic (exact) mass is 413 g/mol. The normalized spacial score (nSPS) is 15.4. The molecule has 1 aliphatic heterocycles. The SMILES string of the molecule is Cc1ccc(OCCCOc2cccc(C=C3SC(=S)N(C)C3=O)c2)c(C)c1. The second-order valence-corrected chi connectivity index (χ2v) is 8.31. The van der Waals surface area contributed by atoms with Gasteiger partial charge in [0.05, 0.1) is 18.1 Å². The van der Waals surface area contributed by atoms with E-state index in [1.54, 1.807) is 7.05 Å². The standard InChI is InChI=1S/C22H23NO3S2/c1-15-8-9-19(16(2)12-15)26-11-5-10-25-18-7-4-6-17(13-18)14-20-21(24)23(3)22(27)28-20/h4,6-9,12-14H,5,10-11H2,1-3H3. The van der Waals surface area contributed by atoms with Crippen LogP contribution in [-0.4, -0.2) is 35.4 Å². The Labute approximate surface area is 175 Å². The van der Waals surface area contributed by atoms with E-state index in [1.165, 1.54) is 22.2 Å². The summed E-state index contributed by atoms with van der Waals surface area (Å²) in [5.41, 5.74) is 3.29. The third-order valence-electron chi connectivity index (χ3n) is 4.29. The van der Waals surface area contributed by atoms with E-state index < -0.39 is 0 Å². The van der Waals surface area contributed by atoms with Crippen molar-refractivity contribution in [2.75, 3.05) is 20.3 Å². The van der Waals surface area contributed by atoms with Gasteiger partial charge in [0.15, 0.2) is 0 Å². The Balaban J connectivity index is 1.50. The minimum absolute atomic E-state index is 0.0649. The second-order valence-electron chi connectivity index (χ2n) is 6.63. The number of thiocarbonyl (C=S) groups is 1. The zero-order chi connectivity index (χ0) is 20.1. The van der Waals surface area contributed by atoms with Gasteiger partial charge in [0, 0.05) is 13.5 Å². The van der Waals surface area contributed by atoms with E-state index in [4.69, 9.17) is 21.7 Å². The van der Waals surface area contributed by atoms with Crippen LogP contribution in [0.15, 0.2) is 47.4 Å². The van der Waals surface area contributed by atoms with Crippen molar-refractivity contribution < 1.29 is 14.3 Å². The molecule has 1 amide bonds. The molecule has 4 nitrogen and oxygen atoms in total. The van der Waals surface area contributed by atoms with E-state index in [0.29, 0.717) is 22.4 Å². The largest absolute Gasteiger partial charge is 0.493 e. The predicted octanol–water partition coefficient (Wildman–Crippen LogP) is 4.98. The van der Waals surface area contributed by atoms with Crippen molar-refractivity contribution in [2.24, 2.45) is 0 Å². The van der Waals surface area contributed by atoms with E-state index in [2.05, 4.69) is 26.0 Å². The molecule has 1 heterocycles. The summed E-state index contributed by atoms with van der Waals surface area (Å²) in [6.45, 7) is 5.28. The van der Waals surface area contributed by atoms with Gasteiger partial charge in [-0.15, -0.1) is 0 Å². The van der Waals surface area contributed by atoms with Crippen LogP contribution in [0, 0.1) is 13.8 Å². The lowest BCUT2D eigenvalue weighted by Gasteiger charge is -2.11. The number of benzene rings is 2. The molecule has 28 heavy (non-hydrogen) atoms. The number of hydrogen-bond acceptors (Lipinski definition) is 5. The maximum Gasteiger partial charge on any atom is 0.265 e. The van der Waals surface area contributed by atoms with Crippen LogP contribution in [-0.2, 0) is 4.79 Å². The van der Waals surface area contributed by atoms with Crippen molar-refractivity contribution in [3.63, 3.8) is 0 Å². The summed E-state index contributed by atoms with van der Waals surface area (Å²) in [6, 6.07) is 13.9. The van der Waals surface area contributed by atoms with Crippen LogP contribution < -0.4 is 9.47 Å². The minimum atomic E-state index is -0.0649. The van der Waals surface area contributed by atoms with Gasteiger partial charge in [0.25, 0.3) is 5.91 Å². The van der Waals surface area contributed by atoms with E-state index in [1.807, 2.05) is 36.4 Å². The van der Waals surface area contributed by atoms with Crippen LogP contribution in [0.2, 0.25) is 0 Å². The number of carbonyl (C=O) groups is 1. The second kappa shape index (κ2) is 9.26. The van der Waals surface area contributed by atoms with Crippen molar-refractivity contribution in [2.45, 2.75) is 20.3 Å². The molecule has 2 aromatic carbocycles. The van der Waals surface area contributed by atoms with Gasteiger partial charge in [-0.1, -0.05) is 53.8 Å². The van der Waals surface area contributed by atoms with Gasteiger partial charge >= 0.3 is 0 Å². The Hall–Kier alpha value is -2.31. The van der Waals surface area contributed by atoms with Gasteiger partial charge in [-0.2, -0.15) is 0 Å². The zero-order valence-electron chi connectivity index (χ0n) is 16.2. The molecule has 6 heteroatoms. The number of hydrogen-bond donors (Lipinski definition) is 0. The van der Waals surface area contributed by atoms with Gasteiger partial charge < -0.3 is 9.47 Å². The molecule has 1 fully saturated rings. The first kappa shape index (κ1) is 20.4. The Morgan fingerprint density at radius 1 is 1.11 bits per heavy atom.